The Balaban J connectivity index is 2.02. The van der Waals surface area contributed by atoms with Gasteiger partial charge >= 0.3 is 0 Å². The molecule has 0 atom stereocenters. The number of benzene rings is 1. The van der Waals surface area contributed by atoms with Crippen LogP contribution in [-0.2, 0) is 13.0 Å². The lowest BCUT2D eigenvalue weighted by molar-refractivity contribution is 0.140. The van der Waals surface area contributed by atoms with Crippen LogP contribution in [0, 0.1) is 5.41 Å². The van der Waals surface area contributed by atoms with Gasteiger partial charge in [-0.1, -0.05) is 18.0 Å². The zero-order valence-electron chi connectivity index (χ0n) is 11.3. The van der Waals surface area contributed by atoms with Gasteiger partial charge in [-0.3, -0.25) is 0 Å². The number of hydrogen-bond acceptors (Lipinski definition) is 2. The standard InChI is InChI=1S/C15H20ClN3/c1-2-19-13-5-4-11(16)8-12(13)18-14(19)9-15(10-17)6-3-7-15/h4-5,8H,2-3,6-7,9-10,17H2,1H3. The van der Waals surface area contributed by atoms with Crippen LogP contribution in [-0.4, -0.2) is 16.1 Å². The summed E-state index contributed by atoms with van der Waals surface area (Å²) in [5.41, 5.74) is 8.43. The summed E-state index contributed by atoms with van der Waals surface area (Å²) in [5.74, 6) is 1.16. The Bertz CT molecular complexity index is 593. The molecule has 102 valence electrons. The molecule has 0 amide bonds. The number of fused-ring (bicyclic) bond motifs is 1. The van der Waals surface area contributed by atoms with E-state index in [0.29, 0.717) is 0 Å². The van der Waals surface area contributed by atoms with Crippen molar-refractivity contribution in [1.29, 1.82) is 0 Å². The molecule has 1 aliphatic rings. The largest absolute Gasteiger partial charge is 0.330 e. The van der Waals surface area contributed by atoms with Crippen LogP contribution in [0.5, 0.6) is 0 Å². The SMILES string of the molecule is CCn1c(CC2(CN)CCC2)nc2cc(Cl)ccc21. The van der Waals surface area contributed by atoms with Crippen LogP contribution < -0.4 is 5.73 Å². The molecular formula is C15H20ClN3. The predicted molar refractivity (Wildman–Crippen MR) is 79.5 cm³/mol. The Morgan fingerprint density at radius 1 is 1.42 bits per heavy atom. The van der Waals surface area contributed by atoms with E-state index < -0.39 is 0 Å². The molecule has 3 rings (SSSR count). The molecule has 1 heterocycles. The van der Waals surface area contributed by atoms with Gasteiger partial charge in [0, 0.05) is 18.0 Å². The highest BCUT2D eigenvalue weighted by Crippen LogP contribution is 2.42. The molecule has 1 aliphatic carbocycles. The number of rotatable bonds is 4. The van der Waals surface area contributed by atoms with Gasteiger partial charge in [-0.2, -0.15) is 0 Å². The predicted octanol–water partition coefficient (Wildman–Crippen LogP) is 3.38. The molecular weight excluding hydrogens is 258 g/mol. The van der Waals surface area contributed by atoms with Crippen molar-refractivity contribution >= 4 is 22.6 Å². The first kappa shape index (κ1) is 12.9. The fourth-order valence-corrected chi connectivity index (χ4v) is 3.27. The second-order valence-corrected chi connectivity index (χ2v) is 6.08. The van der Waals surface area contributed by atoms with Crippen LogP contribution in [0.1, 0.15) is 32.0 Å². The van der Waals surface area contributed by atoms with Crippen LogP contribution in [0.25, 0.3) is 11.0 Å². The zero-order chi connectivity index (χ0) is 13.5. The summed E-state index contributed by atoms with van der Waals surface area (Å²) in [5, 5.41) is 0.747. The van der Waals surface area contributed by atoms with Gasteiger partial charge in [0.2, 0.25) is 0 Å². The van der Waals surface area contributed by atoms with Crippen molar-refractivity contribution in [2.24, 2.45) is 11.1 Å². The average molecular weight is 278 g/mol. The summed E-state index contributed by atoms with van der Waals surface area (Å²) < 4.78 is 2.29. The molecule has 4 heteroatoms. The first-order valence-electron chi connectivity index (χ1n) is 7.02. The van der Waals surface area contributed by atoms with Crippen LogP contribution in [0.2, 0.25) is 5.02 Å². The maximum atomic E-state index is 6.05. The third-order valence-corrected chi connectivity index (χ3v) is 4.72. The number of hydrogen-bond donors (Lipinski definition) is 1. The maximum Gasteiger partial charge on any atom is 0.110 e. The maximum absolute atomic E-state index is 6.05. The van der Waals surface area contributed by atoms with E-state index >= 15 is 0 Å². The van der Waals surface area contributed by atoms with Gasteiger partial charge in [0.25, 0.3) is 0 Å². The summed E-state index contributed by atoms with van der Waals surface area (Å²) >= 11 is 6.05. The molecule has 3 nitrogen and oxygen atoms in total. The number of nitrogens with zero attached hydrogens (tertiary/aromatic N) is 2. The smallest absolute Gasteiger partial charge is 0.110 e. The minimum atomic E-state index is 0.290. The van der Waals surface area contributed by atoms with Gasteiger partial charge < -0.3 is 10.3 Å². The van der Waals surface area contributed by atoms with Gasteiger partial charge in [-0.05, 0) is 49.9 Å². The van der Waals surface area contributed by atoms with Crippen molar-refractivity contribution in [2.75, 3.05) is 6.54 Å². The Labute approximate surface area is 118 Å². The van der Waals surface area contributed by atoms with E-state index in [9.17, 15) is 0 Å². The van der Waals surface area contributed by atoms with E-state index in [-0.39, 0.29) is 5.41 Å². The molecule has 1 fully saturated rings. The van der Waals surface area contributed by atoms with E-state index in [0.717, 1.165) is 35.9 Å². The Kier molecular flexibility index (Phi) is 3.27. The van der Waals surface area contributed by atoms with Crippen molar-refractivity contribution in [3.8, 4) is 0 Å². The molecule has 0 saturated heterocycles. The molecule has 1 aromatic carbocycles. The molecule has 0 unspecified atom stereocenters. The molecule has 2 N–H and O–H groups in total. The second-order valence-electron chi connectivity index (χ2n) is 5.64. The topological polar surface area (TPSA) is 43.8 Å². The molecule has 0 aliphatic heterocycles. The van der Waals surface area contributed by atoms with Crippen molar-refractivity contribution < 1.29 is 0 Å². The summed E-state index contributed by atoms with van der Waals surface area (Å²) in [7, 11) is 0. The van der Waals surface area contributed by atoms with Crippen LogP contribution >= 0.6 is 11.6 Å². The Morgan fingerprint density at radius 3 is 2.79 bits per heavy atom. The lowest BCUT2D eigenvalue weighted by atomic mass is 9.66. The van der Waals surface area contributed by atoms with Crippen LogP contribution in [0.3, 0.4) is 0 Å². The lowest BCUT2D eigenvalue weighted by Crippen LogP contribution is -2.39. The van der Waals surface area contributed by atoms with Gasteiger partial charge in [-0.15, -0.1) is 0 Å². The van der Waals surface area contributed by atoms with Gasteiger partial charge in [0.1, 0.15) is 5.82 Å². The third-order valence-electron chi connectivity index (χ3n) is 4.49. The summed E-state index contributed by atoms with van der Waals surface area (Å²) in [4.78, 5) is 4.78. The summed E-state index contributed by atoms with van der Waals surface area (Å²) in [6.07, 6.45) is 4.76. The minimum absolute atomic E-state index is 0.290. The van der Waals surface area contributed by atoms with E-state index in [4.69, 9.17) is 22.3 Å². The molecule has 1 aromatic heterocycles. The quantitative estimate of drug-likeness (QED) is 0.931. The Hall–Kier alpha value is -1.06. The van der Waals surface area contributed by atoms with Crippen molar-refractivity contribution in [2.45, 2.75) is 39.2 Å². The molecule has 2 aromatic rings. The second kappa shape index (κ2) is 4.80. The van der Waals surface area contributed by atoms with Crippen molar-refractivity contribution in [3.63, 3.8) is 0 Å². The number of halogens is 1. The monoisotopic (exact) mass is 277 g/mol. The number of aromatic nitrogens is 2. The summed E-state index contributed by atoms with van der Waals surface area (Å²) in [6, 6.07) is 5.94. The van der Waals surface area contributed by atoms with E-state index in [1.54, 1.807) is 0 Å². The lowest BCUT2D eigenvalue weighted by Gasteiger charge is -2.40. The first-order valence-corrected chi connectivity index (χ1v) is 7.40. The van der Waals surface area contributed by atoms with Crippen molar-refractivity contribution in [1.82, 2.24) is 9.55 Å². The molecule has 19 heavy (non-hydrogen) atoms. The highest BCUT2D eigenvalue weighted by Gasteiger charge is 2.37. The third kappa shape index (κ3) is 2.15. The normalized spacial score (nSPS) is 17.6. The van der Waals surface area contributed by atoms with Gasteiger partial charge in [0.05, 0.1) is 11.0 Å². The van der Waals surface area contributed by atoms with E-state index in [2.05, 4.69) is 17.6 Å². The Morgan fingerprint density at radius 2 is 2.21 bits per heavy atom. The van der Waals surface area contributed by atoms with E-state index in [1.165, 1.54) is 24.8 Å². The molecule has 0 radical (unpaired) electrons. The van der Waals surface area contributed by atoms with Gasteiger partial charge in [-0.25, -0.2) is 4.98 Å². The highest BCUT2D eigenvalue weighted by atomic mass is 35.5. The van der Waals surface area contributed by atoms with Crippen LogP contribution in [0.4, 0.5) is 0 Å². The van der Waals surface area contributed by atoms with E-state index in [1.807, 2.05) is 12.1 Å². The molecule has 0 bridgehead atoms. The molecule has 0 spiro atoms. The average Bonchev–Trinajstić information content (AvgIpc) is 2.69. The number of nitrogens with two attached hydrogens (primary N) is 1. The minimum Gasteiger partial charge on any atom is -0.330 e. The number of aryl methyl sites for hydroxylation is 1. The van der Waals surface area contributed by atoms with Crippen LogP contribution in [0.15, 0.2) is 18.2 Å². The zero-order valence-corrected chi connectivity index (χ0v) is 12.1. The fraction of sp³-hybridized carbons (Fsp3) is 0.533. The fourth-order valence-electron chi connectivity index (χ4n) is 3.11. The first-order chi connectivity index (χ1) is 9.17. The molecule has 1 saturated carbocycles. The number of imidazole rings is 1. The highest BCUT2D eigenvalue weighted by molar-refractivity contribution is 6.31. The summed E-state index contributed by atoms with van der Waals surface area (Å²) in [6.45, 7) is 3.86. The van der Waals surface area contributed by atoms with Crippen molar-refractivity contribution in [3.05, 3.63) is 29.0 Å². The van der Waals surface area contributed by atoms with Gasteiger partial charge in [0.15, 0.2) is 0 Å².